The molecule has 204 valence electrons. The van der Waals surface area contributed by atoms with Crippen LogP contribution in [-0.2, 0) is 6.54 Å². The van der Waals surface area contributed by atoms with Crippen LogP contribution in [0.15, 0.2) is 66.9 Å². The van der Waals surface area contributed by atoms with E-state index in [1.807, 2.05) is 61.5 Å². The zero-order chi connectivity index (χ0) is 28.4. The van der Waals surface area contributed by atoms with Crippen LogP contribution in [0.1, 0.15) is 37.7 Å². The van der Waals surface area contributed by atoms with Crippen LogP contribution in [0.4, 0.5) is 11.5 Å². The lowest BCUT2D eigenvalue weighted by atomic mass is 9.96. The third-order valence-corrected chi connectivity index (χ3v) is 7.07. The van der Waals surface area contributed by atoms with E-state index in [0.29, 0.717) is 29.1 Å². The van der Waals surface area contributed by atoms with Crippen molar-refractivity contribution in [3.05, 3.63) is 88.8 Å². The molecule has 0 fully saturated rings. The molecular formula is C32H33ClN6O. The lowest BCUT2D eigenvalue weighted by molar-refractivity contribution is 0.379. The molecule has 5 rings (SSSR count). The summed E-state index contributed by atoms with van der Waals surface area (Å²) in [4.78, 5) is 18.4. The summed E-state index contributed by atoms with van der Waals surface area (Å²) in [6.45, 7) is 11.0. The predicted molar refractivity (Wildman–Crippen MR) is 163 cm³/mol. The fraction of sp³-hybridized carbons (Fsp3) is 0.250. The first-order valence-corrected chi connectivity index (χ1v) is 13.6. The molecule has 3 aromatic heterocycles. The number of nitrogens with zero attached hydrogens (tertiary/aromatic N) is 4. The molecule has 2 aromatic carbocycles. The SMILES string of the molecule is COc1nc(-c2cccc(-c3cccc(Nc4nc(C)nc5cccnc45)c3C)c2Cl)ccc1CNC(C)(C)C. The van der Waals surface area contributed by atoms with Gasteiger partial charge in [0.2, 0.25) is 5.88 Å². The van der Waals surface area contributed by atoms with Crippen LogP contribution in [0.5, 0.6) is 5.88 Å². The van der Waals surface area contributed by atoms with Gasteiger partial charge >= 0.3 is 0 Å². The van der Waals surface area contributed by atoms with Gasteiger partial charge in [-0.1, -0.05) is 48.0 Å². The largest absolute Gasteiger partial charge is 0.481 e. The van der Waals surface area contributed by atoms with Gasteiger partial charge in [-0.2, -0.15) is 0 Å². The molecule has 0 aliphatic heterocycles. The number of aromatic nitrogens is 4. The summed E-state index contributed by atoms with van der Waals surface area (Å²) < 4.78 is 5.64. The number of hydrogen-bond donors (Lipinski definition) is 2. The van der Waals surface area contributed by atoms with E-state index in [4.69, 9.17) is 21.3 Å². The highest BCUT2D eigenvalue weighted by Crippen LogP contribution is 2.40. The van der Waals surface area contributed by atoms with Gasteiger partial charge in [-0.3, -0.25) is 4.98 Å². The normalized spacial score (nSPS) is 11.6. The van der Waals surface area contributed by atoms with E-state index >= 15 is 0 Å². The molecule has 2 N–H and O–H groups in total. The molecule has 0 amide bonds. The number of pyridine rings is 2. The number of methoxy groups -OCH3 is 1. The number of benzene rings is 2. The van der Waals surface area contributed by atoms with Gasteiger partial charge in [-0.15, -0.1) is 0 Å². The number of nitrogens with one attached hydrogen (secondary N) is 2. The summed E-state index contributed by atoms with van der Waals surface area (Å²) >= 11 is 7.07. The zero-order valence-corrected chi connectivity index (χ0v) is 24.4. The molecule has 0 bridgehead atoms. The Labute approximate surface area is 240 Å². The van der Waals surface area contributed by atoms with Gasteiger partial charge in [-0.05, 0) is 70.0 Å². The lowest BCUT2D eigenvalue weighted by Crippen LogP contribution is -2.35. The number of halogens is 1. The molecular weight excluding hydrogens is 520 g/mol. The molecule has 40 heavy (non-hydrogen) atoms. The summed E-state index contributed by atoms with van der Waals surface area (Å²) in [5.41, 5.74) is 7.97. The summed E-state index contributed by atoms with van der Waals surface area (Å²) in [7, 11) is 1.64. The van der Waals surface area contributed by atoms with Gasteiger partial charge in [0.25, 0.3) is 0 Å². The summed E-state index contributed by atoms with van der Waals surface area (Å²) in [5, 5.41) is 7.60. The third kappa shape index (κ3) is 5.76. The van der Waals surface area contributed by atoms with E-state index < -0.39 is 0 Å². The van der Waals surface area contributed by atoms with E-state index in [0.717, 1.165) is 50.2 Å². The van der Waals surface area contributed by atoms with E-state index in [1.54, 1.807) is 13.3 Å². The second kappa shape index (κ2) is 11.2. The maximum absolute atomic E-state index is 7.07. The van der Waals surface area contributed by atoms with Crippen molar-refractivity contribution >= 4 is 34.1 Å². The molecule has 0 unspecified atom stereocenters. The van der Waals surface area contributed by atoms with E-state index in [9.17, 15) is 0 Å². The van der Waals surface area contributed by atoms with Crippen molar-refractivity contribution in [1.29, 1.82) is 0 Å². The first-order chi connectivity index (χ1) is 19.1. The fourth-order valence-corrected chi connectivity index (χ4v) is 4.91. The second-order valence-corrected chi connectivity index (χ2v) is 11.1. The molecule has 7 nitrogen and oxygen atoms in total. The van der Waals surface area contributed by atoms with Gasteiger partial charge in [-0.25, -0.2) is 15.0 Å². The molecule has 0 saturated heterocycles. The minimum atomic E-state index is -0.0154. The van der Waals surface area contributed by atoms with Gasteiger partial charge in [0.15, 0.2) is 5.82 Å². The van der Waals surface area contributed by atoms with Crippen molar-refractivity contribution < 1.29 is 4.74 Å². The fourth-order valence-electron chi connectivity index (χ4n) is 4.59. The molecule has 0 aliphatic carbocycles. The van der Waals surface area contributed by atoms with Crippen LogP contribution in [0.25, 0.3) is 33.4 Å². The molecule has 0 saturated carbocycles. The molecule has 3 heterocycles. The van der Waals surface area contributed by atoms with Crippen molar-refractivity contribution in [1.82, 2.24) is 25.3 Å². The Hall–Kier alpha value is -4.07. The summed E-state index contributed by atoms with van der Waals surface area (Å²) in [5.74, 6) is 1.93. The maximum atomic E-state index is 7.07. The van der Waals surface area contributed by atoms with Crippen LogP contribution < -0.4 is 15.4 Å². The van der Waals surface area contributed by atoms with Gasteiger partial charge in [0.05, 0.1) is 23.3 Å². The molecule has 5 aromatic rings. The third-order valence-electron chi connectivity index (χ3n) is 6.66. The number of rotatable bonds is 7. The average Bonchev–Trinajstić information content (AvgIpc) is 2.93. The molecule has 0 radical (unpaired) electrons. The molecule has 0 aliphatic rings. The number of aryl methyl sites for hydroxylation is 1. The minimum Gasteiger partial charge on any atom is -0.481 e. The maximum Gasteiger partial charge on any atom is 0.218 e. The van der Waals surface area contributed by atoms with Crippen molar-refractivity contribution in [2.45, 2.75) is 46.7 Å². The van der Waals surface area contributed by atoms with Crippen molar-refractivity contribution in [3.8, 4) is 28.3 Å². The quantitative estimate of drug-likeness (QED) is 0.214. The van der Waals surface area contributed by atoms with Gasteiger partial charge < -0.3 is 15.4 Å². The van der Waals surface area contributed by atoms with Crippen LogP contribution in [0, 0.1) is 13.8 Å². The first-order valence-electron chi connectivity index (χ1n) is 13.2. The minimum absolute atomic E-state index is 0.0154. The standard InChI is InChI=1S/C32H33ClN6O/c1-19-22(10-8-13-25(19)38-30-29-27(14-9-17-34-29)36-20(2)37-30)23-11-7-12-24(28(23)33)26-16-15-21(31(39-26)40-6)18-35-32(3,4)5/h7-17,35H,18H2,1-6H3,(H,36,37,38). The van der Waals surface area contributed by atoms with E-state index in [-0.39, 0.29) is 5.54 Å². The Kier molecular flexibility index (Phi) is 7.70. The zero-order valence-electron chi connectivity index (χ0n) is 23.6. The monoisotopic (exact) mass is 552 g/mol. The highest BCUT2D eigenvalue weighted by molar-refractivity contribution is 6.36. The Balaban J connectivity index is 1.51. The van der Waals surface area contributed by atoms with Crippen molar-refractivity contribution in [2.75, 3.05) is 12.4 Å². The Morgan fingerprint density at radius 3 is 2.38 bits per heavy atom. The number of anilines is 2. The Morgan fingerprint density at radius 2 is 1.60 bits per heavy atom. The van der Waals surface area contributed by atoms with Gasteiger partial charge in [0.1, 0.15) is 11.3 Å². The molecule has 0 atom stereocenters. The van der Waals surface area contributed by atoms with Crippen LogP contribution in [0.3, 0.4) is 0 Å². The van der Waals surface area contributed by atoms with E-state index in [1.165, 1.54) is 0 Å². The highest BCUT2D eigenvalue weighted by Gasteiger charge is 2.17. The lowest BCUT2D eigenvalue weighted by Gasteiger charge is -2.21. The van der Waals surface area contributed by atoms with E-state index in [2.05, 4.69) is 59.3 Å². The van der Waals surface area contributed by atoms with Crippen LogP contribution >= 0.6 is 11.6 Å². The summed E-state index contributed by atoms with van der Waals surface area (Å²) in [6, 6.07) is 20.0. The van der Waals surface area contributed by atoms with Crippen LogP contribution in [0.2, 0.25) is 5.02 Å². The highest BCUT2D eigenvalue weighted by atomic mass is 35.5. The van der Waals surface area contributed by atoms with Crippen molar-refractivity contribution in [3.63, 3.8) is 0 Å². The van der Waals surface area contributed by atoms with Crippen molar-refractivity contribution in [2.24, 2.45) is 0 Å². The Bertz CT molecular complexity index is 1700. The number of fused-ring (bicyclic) bond motifs is 1. The average molecular weight is 553 g/mol. The summed E-state index contributed by atoms with van der Waals surface area (Å²) in [6.07, 6.45) is 1.75. The van der Waals surface area contributed by atoms with Gasteiger partial charge in [0, 0.05) is 40.7 Å². The predicted octanol–water partition coefficient (Wildman–Crippen LogP) is 7.66. The Morgan fingerprint density at radius 1 is 0.850 bits per heavy atom. The second-order valence-electron chi connectivity index (χ2n) is 10.7. The van der Waals surface area contributed by atoms with Crippen LogP contribution in [-0.4, -0.2) is 32.6 Å². The molecule has 8 heteroatoms. The first kappa shape index (κ1) is 27.5. The smallest absolute Gasteiger partial charge is 0.218 e. The number of hydrogen-bond acceptors (Lipinski definition) is 7. The number of ether oxygens (including phenoxy) is 1. The molecule has 0 spiro atoms. The topological polar surface area (TPSA) is 84.8 Å².